The standard InChI is InChI=1S/C19H23NO4/c1-2-23-19(22)18-9-8-16(24-18)13-20-11-10-15(21)12-17(20)14-6-4-3-5-7-14/h3-9,15,17,21H,2,10-13H2,1H3. The first-order valence-electron chi connectivity index (χ1n) is 8.40. The Morgan fingerprint density at radius 3 is 2.83 bits per heavy atom. The topological polar surface area (TPSA) is 62.9 Å². The number of ether oxygens (including phenoxy) is 1. The van der Waals surface area contributed by atoms with Crippen molar-refractivity contribution >= 4 is 5.97 Å². The van der Waals surface area contributed by atoms with Crippen molar-refractivity contribution < 1.29 is 19.1 Å². The van der Waals surface area contributed by atoms with Crippen molar-refractivity contribution in [2.75, 3.05) is 13.2 Å². The average Bonchev–Trinajstić information content (AvgIpc) is 3.06. The molecule has 3 rings (SSSR count). The van der Waals surface area contributed by atoms with Crippen LogP contribution in [0.1, 0.15) is 47.7 Å². The molecule has 2 atom stereocenters. The fourth-order valence-electron chi connectivity index (χ4n) is 3.18. The molecule has 0 saturated carbocycles. The van der Waals surface area contributed by atoms with Crippen LogP contribution in [0.2, 0.25) is 0 Å². The van der Waals surface area contributed by atoms with E-state index in [1.54, 1.807) is 13.0 Å². The zero-order chi connectivity index (χ0) is 16.9. The number of benzene rings is 1. The molecule has 5 nitrogen and oxygen atoms in total. The van der Waals surface area contributed by atoms with E-state index in [9.17, 15) is 9.90 Å². The van der Waals surface area contributed by atoms with Gasteiger partial charge >= 0.3 is 5.97 Å². The maximum Gasteiger partial charge on any atom is 0.374 e. The Morgan fingerprint density at radius 1 is 1.29 bits per heavy atom. The highest BCUT2D eigenvalue weighted by molar-refractivity contribution is 5.86. The Balaban J connectivity index is 1.73. The quantitative estimate of drug-likeness (QED) is 0.854. The maximum absolute atomic E-state index is 11.7. The molecule has 24 heavy (non-hydrogen) atoms. The van der Waals surface area contributed by atoms with Crippen molar-refractivity contribution in [1.82, 2.24) is 4.90 Å². The van der Waals surface area contributed by atoms with Crippen molar-refractivity contribution in [2.24, 2.45) is 0 Å². The SMILES string of the molecule is CCOC(=O)c1ccc(CN2CCC(O)CC2c2ccccc2)o1. The van der Waals surface area contributed by atoms with Crippen LogP contribution >= 0.6 is 0 Å². The minimum atomic E-state index is -0.433. The molecule has 1 N–H and O–H groups in total. The number of aliphatic hydroxyl groups excluding tert-OH is 1. The van der Waals surface area contributed by atoms with Crippen LogP contribution in [0.15, 0.2) is 46.9 Å². The molecule has 2 aromatic rings. The zero-order valence-corrected chi connectivity index (χ0v) is 13.9. The molecule has 5 heteroatoms. The maximum atomic E-state index is 11.7. The van der Waals surface area contributed by atoms with Crippen LogP contribution in [-0.2, 0) is 11.3 Å². The smallest absolute Gasteiger partial charge is 0.374 e. The normalized spacial score (nSPS) is 21.6. The van der Waals surface area contributed by atoms with Crippen LogP contribution in [0.5, 0.6) is 0 Å². The predicted molar refractivity (Wildman–Crippen MR) is 89.5 cm³/mol. The van der Waals surface area contributed by atoms with E-state index in [1.807, 2.05) is 24.3 Å². The zero-order valence-electron chi connectivity index (χ0n) is 13.9. The number of furan rings is 1. The molecule has 0 spiro atoms. The first-order valence-corrected chi connectivity index (χ1v) is 8.40. The van der Waals surface area contributed by atoms with Gasteiger partial charge in [-0.05, 0) is 37.5 Å². The van der Waals surface area contributed by atoms with Gasteiger partial charge in [-0.15, -0.1) is 0 Å². The van der Waals surface area contributed by atoms with E-state index in [1.165, 1.54) is 5.56 Å². The molecule has 0 radical (unpaired) electrons. The van der Waals surface area contributed by atoms with Gasteiger partial charge in [0.2, 0.25) is 5.76 Å². The van der Waals surface area contributed by atoms with Crippen molar-refractivity contribution in [2.45, 2.75) is 38.5 Å². The van der Waals surface area contributed by atoms with Crippen LogP contribution in [0.4, 0.5) is 0 Å². The van der Waals surface area contributed by atoms with Gasteiger partial charge in [-0.2, -0.15) is 0 Å². The van der Waals surface area contributed by atoms with Gasteiger partial charge in [0.05, 0.1) is 19.3 Å². The van der Waals surface area contributed by atoms with E-state index in [0.717, 1.165) is 18.7 Å². The summed E-state index contributed by atoms with van der Waals surface area (Å²) in [6.45, 7) is 3.49. The summed E-state index contributed by atoms with van der Waals surface area (Å²) >= 11 is 0. The lowest BCUT2D eigenvalue weighted by Crippen LogP contribution is -2.38. The summed E-state index contributed by atoms with van der Waals surface area (Å²) in [6.07, 6.45) is 1.17. The van der Waals surface area contributed by atoms with E-state index < -0.39 is 5.97 Å². The molecule has 1 aromatic carbocycles. The number of rotatable bonds is 5. The average molecular weight is 329 g/mol. The fraction of sp³-hybridized carbons (Fsp3) is 0.421. The molecular formula is C19H23NO4. The molecular weight excluding hydrogens is 306 g/mol. The van der Waals surface area contributed by atoms with E-state index in [2.05, 4.69) is 17.0 Å². The number of nitrogens with zero attached hydrogens (tertiary/aromatic N) is 1. The van der Waals surface area contributed by atoms with Crippen LogP contribution in [0.25, 0.3) is 0 Å². The molecule has 0 bridgehead atoms. The fourth-order valence-corrected chi connectivity index (χ4v) is 3.18. The lowest BCUT2D eigenvalue weighted by Gasteiger charge is -2.37. The number of likely N-dealkylation sites (tertiary alicyclic amines) is 1. The van der Waals surface area contributed by atoms with Gasteiger partial charge in [-0.1, -0.05) is 30.3 Å². The van der Waals surface area contributed by atoms with Crippen LogP contribution in [0.3, 0.4) is 0 Å². The third kappa shape index (κ3) is 3.86. The van der Waals surface area contributed by atoms with E-state index in [4.69, 9.17) is 9.15 Å². The molecule has 1 fully saturated rings. The lowest BCUT2D eigenvalue weighted by molar-refractivity contribution is 0.0320. The summed E-state index contributed by atoms with van der Waals surface area (Å²) in [5, 5.41) is 10.0. The minimum Gasteiger partial charge on any atom is -0.460 e. The molecule has 0 amide bonds. The number of hydrogen-bond acceptors (Lipinski definition) is 5. The second-order valence-corrected chi connectivity index (χ2v) is 6.06. The molecule has 1 aliphatic heterocycles. The van der Waals surface area contributed by atoms with E-state index in [-0.39, 0.29) is 17.9 Å². The summed E-state index contributed by atoms with van der Waals surface area (Å²) in [4.78, 5) is 14.0. The molecule has 2 heterocycles. The van der Waals surface area contributed by atoms with Gasteiger partial charge in [0.15, 0.2) is 0 Å². The van der Waals surface area contributed by atoms with Crippen molar-refractivity contribution in [3.05, 3.63) is 59.5 Å². The molecule has 1 aromatic heterocycles. The predicted octanol–water partition coefficient (Wildman–Crippen LogP) is 3.15. The van der Waals surface area contributed by atoms with Crippen LogP contribution < -0.4 is 0 Å². The number of aliphatic hydroxyl groups is 1. The first-order chi connectivity index (χ1) is 11.7. The van der Waals surface area contributed by atoms with E-state index in [0.29, 0.717) is 19.6 Å². The van der Waals surface area contributed by atoms with E-state index >= 15 is 0 Å². The highest BCUT2D eigenvalue weighted by Gasteiger charge is 2.29. The molecule has 128 valence electrons. The molecule has 0 aliphatic carbocycles. The second kappa shape index (κ2) is 7.64. The van der Waals surface area contributed by atoms with Crippen LogP contribution in [0, 0.1) is 0 Å². The van der Waals surface area contributed by atoms with Crippen molar-refractivity contribution in [3.8, 4) is 0 Å². The highest BCUT2D eigenvalue weighted by Crippen LogP contribution is 2.32. The highest BCUT2D eigenvalue weighted by atomic mass is 16.5. The Morgan fingerprint density at radius 2 is 2.08 bits per heavy atom. The number of piperidine rings is 1. The molecule has 1 saturated heterocycles. The molecule has 2 unspecified atom stereocenters. The Labute approximate surface area is 141 Å². The van der Waals surface area contributed by atoms with Gasteiger partial charge in [-0.3, -0.25) is 4.90 Å². The first kappa shape index (κ1) is 16.7. The van der Waals surface area contributed by atoms with Gasteiger partial charge in [0, 0.05) is 12.6 Å². The van der Waals surface area contributed by atoms with Crippen molar-refractivity contribution in [3.63, 3.8) is 0 Å². The third-order valence-corrected chi connectivity index (χ3v) is 4.37. The van der Waals surface area contributed by atoms with Gasteiger partial charge in [0.25, 0.3) is 0 Å². The summed E-state index contributed by atoms with van der Waals surface area (Å²) in [5.74, 6) is 0.535. The van der Waals surface area contributed by atoms with Crippen molar-refractivity contribution in [1.29, 1.82) is 0 Å². The summed E-state index contributed by atoms with van der Waals surface area (Å²) in [7, 11) is 0. The monoisotopic (exact) mass is 329 g/mol. The largest absolute Gasteiger partial charge is 0.460 e. The number of carbonyl (C=O) groups excluding carboxylic acids is 1. The number of carbonyl (C=O) groups is 1. The van der Waals surface area contributed by atoms with Gasteiger partial charge in [0.1, 0.15) is 5.76 Å². The second-order valence-electron chi connectivity index (χ2n) is 6.06. The number of hydrogen-bond donors (Lipinski definition) is 1. The van der Waals surface area contributed by atoms with Gasteiger partial charge in [-0.25, -0.2) is 4.79 Å². The summed E-state index contributed by atoms with van der Waals surface area (Å²) in [6, 6.07) is 13.8. The van der Waals surface area contributed by atoms with Gasteiger partial charge < -0.3 is 14.3 Å². The number of esters is 1. The lowest BCUT2D eigenvalue weighted by atomic mass is 9.93. The summed E-state index contributed by atoms with van der Waals surface area (Å²) in [5.41, 5.74) is 1.19. The molecule has 1 aliphatic rings. The minimum absolute atomic E-state index is 0.145. The Hall–Kier alpha value is -2.11. The Bertz CT molecular complexity index is 667. The van der Waals surface area contributed by atoms with Crippen LogP contribution in [-0.4, -0.2) is 35.2 Å². The third-order valence-electron chi connectivity index (χ3n) is 4.37. The Kier molecular flexibility index (Phi) is 5.33. The summed E-state index contributed by atoms with van der Waals surface area (Å²) < 4.78 is 10.6.